The van der Waals surface area contributed by atoms with Gasteiger partial charge < -0.3 is 23.8 Å². The van der Waals surface area contributed by atoms with E-state index >= 15 is 0 Å². The Kier molecular flexibility index (Phi) is 6.00. The number of carbonyl (C=O) groups excluding carboxylic acids is 2. The Morgan fingerprint density at radius 1 is 1.09 bits per heavy atom. The van der Waals surface area contributed by atoms with Crippen LogP contribution in [0.1, 0.15) is 40.7 Å². The van der Waals surface area contributed by atoms with Crippen molar-refractivity contribution in [3.8, 4) is 23.0 Å². The molecule has 2 aliphatic rings. The number of nitrogens with zero attached hydrogens (tertiary/aromatic N) is 1. The highest BCUT2D eigenvalue weighted by Gasteiger charge is 2.45. The summed E-state index contributed by atoms with van der Waals surface area (Å²) >= 11 is 0. The number of fused-ring (bicyclic) bond motifs is 1. The van der Waals surface area contributed by atoms with Gasteiger partial charge in [-0.15, -0.1) is 0 Å². The molecular formula is C25H29NO6. The lowest BCUT2D eigenvalue weighted by Gasteiger charge is -2.44. The molecule has 1 spiro atoms. The molecule has 7 heteroatoms. The van der Waals surface area contributed by atoms with Crippen molar-refractivity contribution in [2.24, 2.45) is 0 Å². The van der Waals surface area contributed by atoms with E-state index in [1.807, 2.05) is 32.0 Å². The normalized spacial score (nSPS) is 16.9. The fourth-order valence-corrected chi connectivity index (χ4v) is 4.40. The van der Waals surface area contributed by atoms with E-state index < -0.39 is 5.60 Å². The van der Waals surface area contributed by atoms with E-state index in [1.54, 1.807) is 24.1 Å². The van der Waals surface area contributed by atoms with E-state index in [2.05, 4.69) is 0 Å². The summed E-state index contributed by atoms with van der Waals surface area (Å²) in [5, 5.41) is 0. The van der Waals surface area contributed by atoms with Gasteiger partial charge in [0.15, 0.2) is 12.4 Å². The van der Waals surface area contributed by atoms with Gasteiger partial charge >= 0.3 is 0 Å². The van der Waals surface area contributed by atoms with E-state index in [9.17, 15) is 9.59 Å². The molecule has 2 aliphatic heterocycles. The maximum Gasteiger partial charge on any atom is 0.260 e. The third kappa shape index (κ3) is 4.11. The third-order valence-electron chi connectivity index (χ3n) is 6.52. The smallest absolute Gasteiger partial charge is 0.260 e. The second kappa shape index (κ2) is 8.73. The first-order valence-electron chi connectivity index (χ1n) is 10.8. The number of ketones is 1. The van der Waals surface area contributed by atoms with Crippen LogP contribution in [0.2, 0.25) is 0 Å². The Labute approximate surface area is 188 Å². The van der Waals surface area contributed by atoms with Crippen LogP contribution in [-0.4, -0.2) is 56.1 Å². The summed E-state index contributed by atoms with van der Waals surface area (Å²) in [6, 6.07) is 9.23. The number of carbonyl (C=O) groups is 2. The molecule has 0 aliphatic carbocycles. The molecule has 2 aromatic rings. The van der Waals surface area contributed by atoms with Gasteiger partial charge in [-0.05, 0) is 31.0 Å². The number of piperidine rings is 1. The minimum Gasteiger partial charge on any atom is -0.496 e. The van der Waals surface area contributed by atoms with Crippen LogP contribution in [0.25, 0.3) is 0 Å². The predicted octanol–water partition coefficient (Wildman–Crippen LogP) is 3.73. The van der Waals surface area contributed by atoms with Crippen LogP contribution >= 0.6 is 0 Å². The number of methoxy groups -OCH3 is 2. The van der Waals surface area contributed by atoms with Gasteiger partial charge in [-0.2, -0.15) is 0 Å². The molecular weight excluding hydrogens is 410 g/mol. The highest BCUT2D eigenvalue weighted by Crippen LogP contribution is 2.44. The maximum absolute atomic E-state index is 13.0. The van der Waals surface area contributed by atoms with Gasteiger partial charge in [-0.1, -0.05) is 12.1 Å². The van der Waals surface area contributed by atoms with Gasteiger partial charge in [-0.25, -0.2) is 0 Å². The molecule has 2 aromatic carbocycles. The molecule has 0 atom stereocenters. The molecule has 0 saturated carbocycles. The van der Waals surface area contributed by atoms with Gasteiger partial charge in [-0.3, -0.25) is 9.59 Å². The van der Waals surface area contributed by atoms with Crippen LogP contribution in [0.3, 0.4) is 0 Å². The molecule has 0 unspecified atom stereocenters. The molecule has 170 valence electrons. The largest absolute Gasteiger partial charge is 0.496 e. The highest BCUT2D eigenvalue weighted by atomic mass is 16.5. The summed E-state index contributed by atoms with van der Waals surface area (Å²) in [6.07, 6.45) is 1.42. The van der Waals surface area contributed by atoms with Crippen LogP contribution in [0, 0.1) is 13.8 Å². The summed E-state index contributed by atoms with van der Waals surface area (Å²) in [5.74, 6) is 2.16. The molecule has 2 heterocycles. The van der Waals surface area contributed by atoms with Gasteiger partial charge in [0.25, 0.3) is 5.91 Å². The lowest BCUT2D eigenvalue weighted by molar-refractivity contribution is -0.136. The third-order valence-corrected chi connectivity index (χ3v) is 6.52. The molecule has 0 aromatic heterocycles. The summed E-state index contributed by atoms with van der Waals surface area (Å²) in [7, 11) is 3.09. The van der Waals surface area contributed by atoms with Crippen molar-refractivity contribution in [1.29, 1.82) is 0 Å². The van der Waals surface area contributed by atoms with Gasteiger partial charge in [0.05, 0.1) is 20.6 Å². The Morgan fingerprint density at radius 3 is 2.53 bits per heavy atom. The average molecular weight is 440 g/mol. The molecule has 0 radical (unpaired) electrons. The van der Waals surface area contributed by atoms with Crippen molar-refractivity contribution in [3.05, 3.63) is 47.0 Å². The van der Waals surface area contributed by atoms with Crippen molar-refractivity contribution < 1.29 is 28.5 Å². The standard InChI is InChI=1S/C25H29NO6/c1-16-6-5-7-20(17(16)2)31-15-23(28)26-10-8-25(9-11-26)14-19(27)24-21(30-4)12-18(29-3)13-22(24)32-25/h5-7,12-13H,8-11,14-15H2,1-4H3. The molecule has 1 amide bonds. The molecule has 32 heavy (non-hydrogen) atoms. The van der Waals surface area contributed by atoms with E-state index in [0.29, 0.717) is 48.7 Å². The van der Waals surface area contributed by atoms with Crippen LogP contribution < -0.4 is 18.9 Å². The van der Waals surface area contributed by atoms with Crippen LogP contribution in [-0.2, 0) is 4.79 Å². The number of likely N-dealkylation sites (tertiary alicyclic amines) is 1. The lowest BCUT2D eigenvalue weighted by atomic mass is 9.82. The van der Waals surface area contributed by atoms with E-state index in [0.717, 1.165) is 16.9 Å². The zero-order valence-electron chi connectivity index (χ0n) is 19.0. The van der Waals surface area contributed by atoms with Gasteiger partial charge in [0, 0.05) is 38.1 Å². The number of ether oxygens (including phenoxy) is 4. The summed E-state index contributed by atoms with van der Waals surface area (Å²) < 4.78 is 22.8. The molecule has 1 saturated heterocycles. The molecule has 1 fully saturated rings. The number of aryl methyl sites for hydroxylation is 1. The molecule has 7 nitrogen and oxygen atoms in total. The quantitative estimate of drug-likeness (QED) is 0.707. The number of rotatable bonds is 5. The van der Waals surface area contributed by atoms with E-state index in [-0.39, 0.29) is 24.7 Å². The number of benzene rings is 2. The van der Waals surface area contributed by atoms with E-state index in [1.165, 1.54) is 7.11 Å². The number of amides is 1. The SMILES string of the molecule is COc1cc(OC)c2c(c1)OC1(CCN(C(=O)COc3cccc(C)c3C)CC1)CC2=O. The molecule has 0 bridgehead atoms. The van der Waals surface area contributed by atoms with Crippen LogP contribution in [0.15, 0.2) is 30.3 Å². The van der Waals surface area contributed by atoms with Crippen molar-refractivity contribution >= 4 is 11.7 Å². The zero-order valence-corrected chi connectivity index (χ0v) is 19.0. The van der Waals surface area contributed by atoms with Crippen molar-refractivity contribution in [2.75, 3.05) is 33.9 Å². The second-order valence-electron chi connectivity index (χ2n) is 8.46. The fraction of sp³-hybridized carbons (Fsp3) is 0.440. The van der Waals surface area contributed by atoms with E-state index in [4.69, 9.17) is 18.9 Å². The number of Topliss-reactive ketones (excluding diaryl/α,β-unsaturated/α-hetero) is 1. The van der Waals surface area contributed by atoms with Crippen molar-refractivity contribution in [3.63, 3.8) is 0 Å². The zero-order chi connectivity index (χ0) is 22.9. The molecule has 4 rings (SSSR count). The Balaban J connectivity index is 1.41. The minimum absolute atomic E-state index is 0.00564. The lowest BCUT2D eigenvalue weighted by Crippen LogP contribution is -2.53. The summed E-state index contributed by atoms with van der Waals surface area (Å²) in [5.41, 5.74) is 2.00. The maximum atomic E-state index is 13.0. The van der Waals surface area contributed by atoms with Crippen LogP contribution in [0.5, 0.6) is 23.0 Å². The summed E-state index contributed by atoms with van der Waals surface area (Å²) in [6.45, 7) is 5.02. The Bertz CT molecular complexity index is 1040. The average Bonchev–Trinajstić information content (AvgIpc) is 2.79. The first kappa shape index (κ1) is 22.0. The first-order valence-corrected chi connectivity index (χ1v) is 10.8. The summed E-state index contributed by atoms with van der Waals surface area (Å²) in [4.78, 5) is 27.5. The highest BCUT2D eigenvalue weighted by molar-refractivity contribution is 6.03. The first-order chi connectivity index (χ1) is 15.4. The van der Waals surface area contributed by atoms with Gasteiger partial charge in [0.2, 0.25) is 0 Å². The fourth-order valence-electron chi connectivity index (χ4n) is 4.40. The van der Waals surface area contributed by atoms with Crippen molar-refractivity contribution in [1.82, 2.24) is 4.90 Å². The minimum atomic E-state index is -0.619. The topological polar surface area (TPSA) is 74.3 Å². The number of hydrogen-bond acceptors (Lipinski definition) is 6. The Hall–Kier alpha value is -3.22. The van der Waals surface area contributed by atoms with Crippen LogP contribution in [0.4, 0.5) is 0 Å². The molecule has 0 N–H and O–H groups in total. The second-order valence-corrected chi connectivity index (χ2v) is 8.46. The number of hydrogen-bond donors (Lipinski definition) is 0. The predicted molar refractivity (Wildman–Crippen MR) is 119 cm³/mol. The van der Waals surface area contributed by atoms with Gasteiger partial charge in [0.1, 0.15) is 34.2 Å². The van der Waals surface area contributed by atoms with Crippen molar-refractivity contribution in [2.45, 2.75) is 38.7 Å². The Morgan fingerprint density at radius 2 is 1.84 bits per heavy atom. The monoisotopic (exact) mass is 439 g/mol.